The summed E-state index contributed by atoms with van der Waals surface area (Å²) in [6, 6.07) is 3.81. The van der Waals surface area contributed by atoms with E-state index in [1.165, 1.54) is 12.8 Å². The Morgan fingerprint density at radius 1 is 1.32 bits per heavy atom. The van der Waals surface area contributed by atoms with Crippen LogP contribution in [0.1, 0.15) is 46.1 Å². The van der Waals surface area contributed by atoms with E-state index < -0.39 is 0 Å². The van der Waals surface area contributed by atoms with Crippen LogP contribution < -0.4 is 5.32 Å². The summed E-state index contributed by atoms with van der Waals surface area (Å²) < 4.78 is 0. The zero-order chi connectivity index (χ0) is 13.4. The molecule has 0 aromatic carbocycles. The number of carbonyl (C=O) groups is 1. The Kier molecular flexibility index (Phi) is 2.85. The molecule has 2 aromatic heterocycles. The summed E-state index contributed by atoms with van der Waals surface area (Å²) in [6.07, 6.45) is 6.08. The summed E-state index contributed by atoms with van der Waals surface area (Å²) in [7, 11) is 0. The first-order valence-corrected chi connectivity index (χ1v) is 6.57. The molecule has 4 heteroatoms. The minimum absolute atomic E-state index is 0.0584. The number of pyridine rings is 1. The average Bonchev–Trinajstić information content (AvgIpc) is 3.10. The van der Waals surface area contributed by atoms with Crippen molar-refractivity contribution in [2.45, 2.75) is 32.6 Å². The third-order valence-corrected chi connectivity index (χ3v) is 3.51. The number of aryl methyl sites for hydroxylation is 2. The number of amides is 1. The van der Waals surface area contributed by atoms with E-state index in [-0.39, 0.29) is 5.91 Å². The van der Waals surface area contributed by atoms with E-state index >= 15 is 0 Å². The van der Waals surface area contributed by atoms with E-state index in [1.807, 2.05) is 32.2 Å². The molecule has 19 heavy (non-hydrogen) atoms. The number of rotatable bonds is 3. The van der Waals surface area contributed by atoms with Crippen molar-refractivity contribution in [1.82, 2.24) is 9.97 Å². The molecule has 0 spiro atoms. The molecule has 0 saturated heterocycles. The van der Waals surface area contributed by atoms with E-state index in [4.69, 9.17) is 0 Å². The van der Waals surface area contributed by atoms with Crippen LogP contribution in [0.4, 0.5) is 5.69 Å². The van der Waals surface area contributed by atoms with Crippen molar-refractivity contribution in [3.63, 3.8) is 0 Å². The second kappa shape index (κ2) is 4.53. The van der Waals surface area contributed by atoms with Crippen molar-refractivity contribution in [3.05, 3.63) is 47.0 Å². The number of aromatic nitrogens is 2. The largest absolute Gasteiger partial charge is 0.367 e. The zero-order valence-corrected chi connectivity index (χ0v) is 11.2. The van der Waals surface area contributed by atoms with Gasteiger partial charge in [0, 0.05) is 18.1 Å². The third kappa shape index (κ3) is 2.38. The van der Waals surface area contributed by atoms with Crippen LogP contribution in [0.2, 0.25) is 0 Å². The lowest BCUT2D eigenvalue weighted by molar-refractivity contribution is 0.102. The molecule has 0 bridgehead atoms. The van der Waals surface area contributed by atoms with Crippen molar-refractivity contribution >= 4 is 11.6 Å². The standard InChI is InChI=1S/C15H17N3O/c1-9-3-6-14(10(2)17-9)18-15(19)13-8-16-7-12(13)11-4-5-11/h3,6-8,11,16H,4-5H2,1-2H3,(H,18,19). The van der Waals surface area contributed by atoms with Gasteiger partial charge in [-0.05, 0) is 50.3 Å². The molecule has 0 atom stereocenters. The molecule has 1 aliphatic carbocycles. The van der Waals surface area contributed by atoms with Crippen LogP contribution in [0.25, 0.3) is 0 Å². The number of H-pyrrole nitrogens is 1. The lowest BCUT2D eigenvalue weighted by Gasteiger charge is -2.08. The van der Waals surface area contributed by atoms with Gasteiger partial charge < -0.3 is 10.3 Å². The van der Waals surface area contributed by atoms with E-state index in [0.29, 0.717) is 5.92 Å². The van der Waals surface area contributed by atoms with Gasteiger partial charge in [0.2, 0.25) is 0 Å². The summed E-state index contributed by atoms with van der Waals surface area (Å²) >= 11 is 0. The van der Waals surface area contributed by atoms with Gasteiger partial charge in [-0.15, -0.1) is 0 Å². The first-order valence-electron chi connectivity index (χ1n) is 6.57. The quantitative estimate of drug-likeness (QED) is 0.885. The van der Waals surface area contributed by atoms with Crippen molar-refractivity contribution < 1.29 is 4.79 Å². The third-order valence-electron chi connectivity index (χ3n) is 3.51. The van der Waals surface area contributed by atoms with E-state index in [1.54, 1.807) is 6.20 Å². The van der Waals surface area contributed by atoms with Crippen LogP contribution in [0.15, 0.2) is 24.5 Å². The average molecular weight is 255 g/mol. The Hall–Kier alpha value is -2.10. The molecule has 1 fully saturated rings. The van der Waals surface area contributed by atoms with Crippen LogP contribution in [-0.4, -0.2) is 15.9 Å². The molecule has 1 saturated carbocycles. The molecule has 1 amide bonds. The van der Waals surface area contributed by atoms with Crippen molar-refractivity contribution in [2.24, 2.45) is 0 Å². The molecule has 2 heterocycles. The highest BCUT2D eigenvalue weighted by Gasteiger charge is 2.28. The summed E-state index contributed by atoms with van der Waals surface area (Å²) in [4.78, 5) is 19.7. The Morgan fingerprint density at radius 3 is 2.79 bits per heavy atom. The van der Waals surface area contributed by atoms with Crippen LogP contribution in [0.5, 0.6) is 0 Å². The number of hydrogen-bond acceptors (Lipinski definition) is 2. The zero-order valence-electron chi connectivity index (χ0n) is 11.2. The predicted octanol–water partition coefficient (Wildman–Crippen LogP) is 3.16. The monoisotopic (exact) mass is 255 g/mol. The molecular formula is C15H17N3O. The van der Waals surface area contributed by atoms with E-state index in [0.717, 1.165) is 28.2 Å². The molecule has 98 valence electrons. The fourth-order valence-corrected chi connectivity index (χ4v) is 2.31. The fourth-order valence-electron chi connectivity index (χ4n) is 2.31. The lowest BCUT2D eigenvalue weighted by atomic mass is 10.1. The minimum atomic E-state index is -0.0584. The van der Waals surface area contributed by atoms with Crippen molar-refractivity contribution in [2.75, 3.05) is 5.32 Å². The second-order valence-electron chi connectivity index (χ2n) is 5.14. The van der Waals surface area contributed by atoms with Gasteiger partial charge in [-0.2, -0.15) is 0 Å². The number of nitrogens with one attached hydrogen (secondary N) is 2. The summed E-state index contributed by atoms with van der Waals surface area (Å²) in [5.74, 6) is 0.501. The molecule has 0 radical (unpaired) electrons. The number of hydrogen-bond donors (Lipinski definition) is 2. The molecule has 0 unspecified atom stereocenters. The molecule has 4 nitrogen and oxygen atoms in total. The Bertz CT molecular complexity index is 626. The maximum atomic E-state index is 12.3. The first kappa shape index (κ1) is 12.0. The van der Waals surface area contributed by atoms with Crippen LogP contribution in [0.3, 0.4) is 0 Å². The van der Waals surface area contributed by atoms with Gasteiger partial charge in [0.25, 0.3) is 5.91 Å². The smallest absolute Gasteiger partial charge is 0.257 e. The van der Waals surface area contributed by atoms with Crippen LogP contribution >= 0.6 is 0 Å². The molecule has 1 aliphatic rings. The highest BCUT2D eigenvalue weighted by atomic mass is 16.1. The van der Waals surface area contributed by atoms with Crippen molar-refractivity contribution in [1.29, 1.82) is 0 Å². The lowest BCUT2D eigenvalue weighted by Crippen LogP contribution is -2.14. The highest BCUT2D eigenvalue weighted by molar-refractivity contribution is 6.05. The number of nitrogens with zero attached hydrogens (tertiary/aromatic N) is 1. The molecule has 2 aromatic rings. The fraction of sp³-hybridized carbons (Fsp3) is 0.333. The normalized spacial score (nSPS) is 14.4. The van der Waals surface area contributed by atoms with Crippen LogP contribution in [0, 0.1) is 13.8 Å². The maximum absolute atomic E-state index is 12.3. The highest BCUT2D eigenvalue weighted by Crippen LogP contribution is 2.41. The summed E-state index contributed by atoms with van der Waals surface area (Å²) in [6.45, 7) is 3.84. The number of anilines is 1. The Balaban J connectivity index is 1.82. The van der Waals surface area contributed by atoms with Gasteiger partial charge in [-0.3, -0.25) is 9.78 Å². The Morgan fingerprint density at radius 2 is 2.11 bits per heavy atom. The minimum Gasteiger partial charge on any atom is -0.367 e. The summed E-state index contributed by atoms with van der Waals surface area (Å²) in [5.41, 5.74) is 4.46. The number of carbonyl (C=O) groups excluding carboxylic acids is 1. The Labute approximate surface area is 112 Å². The van der Waals surface area contributed by atoms with Gasteiger partial charge in [-0.1, -0.05) is 0 Å². The van der Waals surface area contributed by atoms with E-state index in [2.05, 4.69) is 15.3 Å². The van der Waals surface area contributed by atoms with Crippen LogP contribution in [-0.2, 0) is 0 Å². The first-order chi connectivity index (χ1) is 9.15. The van der Waals surface area contributed by atoms with Gasteiger partial charge in [0.15, 0.2) is 0 Å². The van der Waals surface area contributed by atoms with Gasteiger partial charge in [0.05, 0.1) is 16.9 Å². The van der Waals surface area contributed by atoms with E-state index in [9.17, 15) is 4.79 Å². The SMILES string of the molecule is Cc1ccc(NC(=O)c2c[nH]cc2C2CC2)c(C)n1. The van der Waals surface area contributed by atoms with Gasteiger partial charge in [-0.25, -0.2) is 0 Å². The number of aromatic amines is 1. The van der Waals surface area contributed by atoms with Gasteiger partial charge in [0.1, 0.15) is 0 Å². The molecular weight excluding hydrogens is 238 g/mol. The second-order valence-corrected chi connectivity index (χ2v) is 5.14. The topological polar surface area (TPSA) is 57.8 Å². The predicted molar refractivity (Wildman–Crippen MR) is 74.4 cm³/mol. The summed E-state index contributed by atoms with van der Waals surface area (Å²) in [5, 5.41) is 2.94. The van der Waals surface area contributed by atoms with Crippen molar-refractivity contribution in [3.8, 4) is 0 Å². The van der Waals surface area contributed by atoms with Gasteiger partial charge >= 0.3 is 0 Å². The molecule has 0 aliphatic heterocycles. The molecule has 2 N–H and O–H groups in total. The molecule has 3 rings (SSSR count). The maximum Gasteiger partial charge on any atom is 0.257 e.